The fourth-order valence-corrected chi connectivity index (χ4v) is 2.60. The van der Waals surface area contributed by atoms with Crippen LogP contribution < -0.4 is 16.0 Å². The quantitative estimate of drug-likeness (QED) is 0.480. The van der Waals surface area contributed by atoms with E-state index in [2.05, 4.69) is 50.3 Å². The van der Waals surface area contributed by atoms with Gasteiger partial charge in [0.2, 0.25) is 5.91 Å². The average Bonchev–Trinajstić information content (AvgIpc) is 3.00. The van der Waals surface area contributed by atoms with Crippen LogP contribution in [0.4, 0.5) is 0 Å². The van der Waals surface area contributed by atoms with Crippen molar-refractivity contribution >= 4 is 22.8 Å². The molecule has 4 N–H and O–H groups in total. The van der Waals surface area contributed by atoms with Crippen molar-refractivity contribution in [3.8, 4) is 0 Å². The minimum atomic E-state index is -0.497. The lowest BCUT2D eigenvalue weighted by Crippen LogP contribution is -2.47. The predicted octanol–water partition coefficient (Wildman–Crippen LogP) is 1.65. The predicted molar refractivity (Wildman–Crippen MR) is 99.2 cm³/mol. The van der Waals surface area contributed by atoms with Gasteiger partial charge in [-0.15, -0.1) is 0 Å². The number of nitrogens with zero attached hydrogens (tertiary/aromatic N) is 1. The number of guanidine groups is 1. The Labute approximate surface area is 143 Å². The van der Waals surface area contributed by atoms with Crippen LogP contribution in [0.15, 0.2) is 35.5 Å². The first-order valence-electron chi connectivity index (χ1n) is 8.19. The lowest BCUT2D eigenvalue weighted by atomic mass is 9.92. The fraction of sp³-hybridized carbons (Fsp3) is 0.444. The molecule has 24 heavy (non-hydrogen) atoms. The van der Waals surface area contributed by atoms with E-state index in [4.69, 9.17) is 0 Å². The van der Waals surface area contributed by atoms with Crippen LogP contribution in [0.5, 0.6) is 0 Å². The Kier molecular flexibility index (Phi) is 5.84. The SMILES string of the molecule is CN=C(NCCc1c[nH]c2ccccc12)NCC(C)(C)C(=O)NC. The molecular weight excluding hydrogens is 302 g/mol. The van der Waals surface area contributed by atoms with Gasteiger partial charge in [0, 0.05) is 44.3 Å². The number of amides is 1. The van der Waals surface area contributed by atoms with Crippen molar-refractivity contribution in [3.63, 3.8) is 0 Å². The number of carbonyl (C=O) groups is 1. The van der Waals surface area contributed by atoms with Crippen molar-refractivity contribution in [2.75, 3.05) is 27.2 Å². The molecule has 130 valence electrons. The number of benzene rings is 1. The molecule has 0 aliphatic carbocycles. The third-order valence-electron chi connectivity index (χ3n) is 4.12. The Morgan fingerprint density at radius 2 is 2.00 bits per heavy atom. The van der Waals surface area contributed by atoms with Gasteiger partial charge < -0.3 is 20.9 Å². The first-order valence-corrected chi connectivity index (χ1v) is 8.19. The third-order valence-corrected chi connectivity index (χ3v) is 4.12. The molecule has 0 unspecified atom stereocenters. The highest BCUT2D eigenvalue weighted by Gasteiger charge is 2.26. The highest BCUT2D eigenvalue weighted by atomic mass is 16.2. The van der Waals surface area contributed by atoms with E-state index in [0.29, 0.717) is 12.5 Å². The van der Waals surface area contributed by atoms with Gasteiger partial charge in [0.25, 0.3) is 0 Å². The second-order valence-corrected chi connectivity index (χ2v) is 6.43. The van der Waals surface area contributed by atoms with Gasteiger partial charge in [-0.1, -0.05) is 18.2 Å². The Bertz CT molecular complexity index is 717. The third kappa shape index (κ3) is 4.28. The van der Waals surface area contributed by atoms with Crippen molar-refractivity contribution in [1.82, 2.24) is 20.9 Å². The monoisotopic (exact) mass is 329 g/mol. The number of aliphatic imine (C=N–C) groups is 1. The van der Waals surface area contributed by atoms with Crippen LogP contribution in [0.1, 0.15) is 19.4 Å². The van der Waals surface area contributed by atoms with E-state index < -0.39 is 5.41 Å². The smallest absolute Gasteiger partial charge is 0.227 e. The zero-order chi connectivity index (χ0) is 17.6. The first kappa shape index (κ1) is 17.8. The maximum atomic E-state index is 11.8. The normalized spacial score (nSPS) is 12.2. The van der Waals surface area contributed by atoms with Gasteiger partial charge in [-0.2, -0.15) is 0 Å². The maximum Gasteiger partial charge on any atom is 0.227 e. The molecule has 0 radical (unpaired) electrons. The average molecular weight is 329 g/mol. The van der Waals surface area contributed by atoms with E-state index in [1.807, 2.05) is 19.9 Å². The number of hydrogen-bond donors (Lipinski definition) is 4. The van der Waals surface area contributed by atoms with Crippen LogP contribution >= 0.6 is 0 Å². The van der Waals surface area contributed by atoms with Crippen molar-refractivity contribution in [2.24, 2.45) is 10.4 Å². The molecule has 6 nitrogen and oxygen atoms in total. The van der Waals surface area contributed by atoms with E-state index in [1.165, 1.54) is 10.9 Å². The van der Waals surface area contributed by atoms with Gasteiger partial charge >= 0.3 is 0 Å². The van der Waals surface area contributed by atoms with Crippen LogP contribution in [-0.2, 0) is 11.2 Å². The Morgan fingerprint density at radius 3 is 2.71 bits per heavy atom. The summed E-state index contributed by atoms with van der Waals surface area (Å²) in [4.78, 5) is 19.3. The van der Waals surface area contributed by atoms with Gasteiger partial charge in [0.15, 0.2) is 5.96 Å². The highest BCUT2D eigenvalue weighted by molar-refractivity contribution is 5.85. The van der Waals surface area contributed by atoms with Gasteiger partial charge in [0.05, 0.1) is 5.41 Å². The summed E-state index contributed by atoms with van der Waals surface area (Å²) < 4.78 is 0. The zero-order valence-electron chi connectivity index (χ0n) is 14.9. The summed E-state index contributed by atoms with van der Waals surface area (Å²) in [6, 6.07) is 8.28. The topological polar surface area (TPSA) is 81.3 Å². The summed E-state index contributed by atoms with van der Waals surface area (Å²) in [6.45, 7) is 5.08. The molecule has 1 aromatic carbocycles. The zero-order valence-corrected chi connectivity index (χ0v) is 14.9. The van der Waals surface area contributed by atoms with Crippen molar-refractivity contribution in [2.45, 2.75) is 20.3 Å². The van der Waals surface area contributed by atoms with Crippen molar-refractivity contribution in [3.05, 3.63) is 36.0 Å². The van der Waals surface area contributed by atoms with Crippen molar-refractivity contribution < 1.29 is 4.79 Å². The fourth-order valence-electron chi connectivity index (χ4n) is 2.60. The second-order valence-electron chi connectivity index (χ2n) is 6.43. The number of fused-ring (bicyclic) bond motifs is 1. The molecule has 0 aliphatic rings. The molecule has 0 spiro atoms. The molecule has 0 saturated heterocycles. The lowest BCUT2D eigenvalue weighted by molar-refractivity contribution is -0.128. The van der Waals surface area contributed by atoms with E-state index in [9.17, 15) is 4.79 Å². The summed E-state index contributed by atoms with van der Waals surface area (Å²) in [5, 5.41) is 10.4. The van der Waals surface area contributed by atoms with E-state index in [0.717, 1.165) is 18.5 Å². The number of rotatable bonds is 6. The standard InChI is InChI=1S/C18H27N5O/c1-18(2,16(24)19-3)12-23-17(20-4)21-10-9-13-11-22-15-8-6-5-7-14(13)15/h5-8,11,22H,9-10,12H2,1-4H3,(H,19,24)(H2,20,21,23). The summed E-state index contributed by atoms with van der Waals surface area (Å²) in [5.74, 6) is 0.705. The lowest BCUT2D eigenvalue weighted by Gasteiger charge is -2.24. The van der Waals surface area contributed by atoms with Gasteiger partial charge in [0.1, 0.15) is 0 Å². The maximum absolute atomic E-state index is 11.8. The number of para-hydroxylation sites is 1. The second kappa shape index (κ2) is 7.86. The van der Waals surface area contributed by atoms with Crippen LogP contribution in [0.2, 0.25) is 0 Å². The molecule has 0 saturated carbocycles. The van der Waals surface area contributed by atoms with Crippen LogP contribution in [-0.4, -0.2) is 44.0 Å². The summed E-state index contributed by atoms with van der Waals surface area (Å²) in [6.07, 6.45) is 2.95. The largest absolute Gasteiger partial charge is 0.361 e. The van der Waals surface area contributed by atoms with E-state index in [1.54, 1.807) is 14.1 Å². The Morgan fingerprint density at radius 1 is 1.25 bits per heavy atom. The molecule has 0 bridgehead atoms. The van der Waals surface area contributed by atoms with Crippen LogP contribution in [0.3, 0.4) is 0 Å². The molecular formula is C18H27N5O. The molecule has 0 aliphatic heterocycles. The minimum Gasteiger partial charge on any atom is -0.361 e. The van der Waals surface area contributed by atoms with Gasteiger partial charge in [-0.05, 0) is 31.9 Å². The van der Waals surface area contributed by atoms with E-state index >= 15 is 0 Å². The van der Waals surface area contributed by atoms with E-state index in [-0.39, 0.29) is 5.91 Å². The molecule has 1 aromatic heterocycles. The number of H-pyrrole nitrogens is 1. The minimum absolute atomic E-state index is 0.00393. The molecule has 0 atom stereocenters. The molecule has 1 amide bonds. The molecule has 0 fully saturated rings. The van der Waals surface area contributed by atoms with Crippen molar-refractivity contribution in [1.29, 1.82) is 0 Å². The van der Waals surface area contributed by atoms with Gasteiger partial charge in [-0.25, -0.2) is 0 Å². The first-order chi connectivity index (χ1) is 11.5. The van der Waals surface area contributed by atoms with Crippen LogP contribution in [0.25, 0.3) is 10.9 Å². The summed E-state index contributed by atoms with van der Waals surface area (Å²) in [5.41, 5.74) is 1.94. The number of hydrogen-bond acceptors (Lipinski definition) is 2. The number of aromatic amines is 1. The number of aromatic nitrogens is 1. The van der Waals surface area contributed by atoms with Crippen LogP contribution in [0, 0.1) is 5.41 Å². The number of carbonyl (C=O) groups excluding carboxylic acids is 1. The molecule has 2 aromatic rings. The Hall–Kier alpha value is -2.50. The Balaban J connectivity index is 1.85. The highest BCUT2D eigenvalue weighted by Crippen LogP contribution is 2.17. The molecule has 2 rings (SSSR count). The van der Waals surface area contributed by atoms with Gasteiger partial charge in [-0.3, -0.25) is 9.79 Å². The summed E-state index contributed by atoms with van der Waals surface area (Å²) in [7, 11) is 3.38. The summed E-state index contributed by atoms with van der Waals surface area (Å²) >= 11 is 0. The number of nitrogens with one attached hydrogen (secondary N) is 4. The molecule has 1 heterocycles. The molecule has 6 heteroatoms.